The number of Topliss-reactive ketones (excluding diaryl/α,β-unsaturated/α-hetero) is 6. The Bertz CT molecular complexity index is 4780. The molecule has 0 aromatic heterocycles. The fourth-order valence-corrected chi connectivity index (χ4v) is 11.9. The van der Waals surface area contributed by atoms with Crippen molar-refractivity contribution in [3.63, 3.8) is 0 Å². The van der Waals surface area contributed by atoms with Crippen molar-refractivity contribution >= 4 is 138 Å². The third-order valence-corrected chi connectivity index (χ3v) is 17.6. The maximum Gasteiger partial charge on any atom is 0.326 e. The van der Waals surface area contributed by atoms with E-state index in [-0.39, 0.29) is 115 Å². The van der Waals surface area contributed by atoms with E-state index in [0.29, 0.717) is 114 Å². The van der Waals surface area contributed by atoms with E-state index in [4.69, 9.17) is 40.0 Å². The number of halogens is 3. The van der Waals surface area contributed by atoms with Gasteiger partial charge in [0.05, 0.1) is 59.8 Å². The number of fused-ring (bicyclic) bond motifs is 6. The van der Waals surface area contributed by atoms with Gasteiger partial charge in [-0.05, 0) is 152 Å². The second-order valence-electron chi connectivity index (χ2n) is 23.9. The molecule has 0 aliphatic heterocycles. The summed E-state index contributed by atoms with van der Waals surface area (Å²) in [4.78, 5) is 165. The van der Waals surface area contributed by atoms with Crippen molar-refractivity contribution in [2.45, 2.75) is 87.7 Å². The van der Waals surface area contributed by atoms with Crippen molar-refractivity contribution in [3.05, 3.63) is 246 Å². The summed E-state index contributed by atoms with van der Waals surface area (Å²) in [5, 5.41) is 0. The van der Waals surface area contributed by atoms with Crippen molar-refractivity contribution in [2.75, 3.05) is 35.1 Å². The third kappa shape index (κ3) is 19.5. The molecule has 0 amide bonds. The van der Waals surface area contributed by atoms with E-state index in [9.17, 15) is 67.1 Å². The first kappa shape index (κ1) is 81.0. The fraction of sp³-hybridized carbons (Fsp3) is 0.235. The standard InChI is InChI=1S/C15H15IO3.C14H13IO3.C14H14O3.C13H9ClO4.C13H10O4.C12H10O3/c1-10-9-12(17)14-11(15(10)18)5-4-6-13(14)19-8-3-2-7-16;1-9-8-11(16)13-10(14(9)17)4-2-5-12(13)18-7-3-6-15;1-8(2)17-12-6-4-5-10-13(12)11(15)7-9(3)14(10)16;1-7-5-9(15)12-8(13(7)17)3-2-4-10(12)18-11(16)6-14;1-7-6-10(15)12-9(13(7)16)4-3-5-11(12)17-8(2)14;1-7-6-9(13)11-8(12(7)14)4-3-5-10(11)15-2/h4-6,9H,2-3,7-8H2,1H3;2,4-5,8H,3,6-7H2,1H3;4-8H,1-3H3;2-5H,6H2,1H3;3-6H,1-2H3;3-6H,1-2H3. The van der Waals surface area contributed by atoms with Crippen LogP contribution in [0.15, 0.2) is 179 Å². The molecule has 6 aromatic carbocycles. The molecule has 12 rings (SSSR count). The summed E-state index contributed by atoms with van der Waals surface area (Å²) in [6, 6.07) is 29.7. The number of ether oxygens (including phenoxy) is 6. The molecule has 23 heteroatoms. The highest BCUT2D eigenvalue weighted by Gasteiger charge is 2.32. The second kappa shape index (κ2) is 37.2. The molecule has 0 unspecified atom stereocenters. The molecule has 536 valence electrons. The minimum absolute atomic E-state index is 0.0311. The number of benzene rings is 6. The number of ketones is 12. The van der Waals surface area contributed by atoms with E-state index < -0.39 is 11.9 Å². The highest BCUT2D eigenvalue weighted by molar-refractivity contribution is 14.1. The summed E-state index contributed by atoms with van der Waals surface area (Å²) in [7, 11) is 1.48. The van der Waals surface area contributed by atoms with Crippen molar-refractivity contribution in [1.29, 1.82) is 0 Å². The van der Waals surface area contributed by atoms with Crippen LogP contribution in [0, 0.1) is 0 Å². The van der Waals surface area contributed by atoms with Gasteiger partial charge in [-0.3, -0.25) is 67.1 Å². The normalized spacial score (nSPS) is 14.3. The molecule has 20 nitrogen and oxygen atoms in total. The van der Waals surface area contributed by atoms with Gasteiger partial charge in [0.1, 0.15) is 40.4 Å². The Hall–Kier alpha value is -10.3. The van der Waals surface area contributed by atoms with Gasteiger partial charge in [-0.15, -0.1) is 11.6 Å². The van der Waals surface area contributed by atoms with Crippen LogP contribution >= 0.6 is 56.8 Å². The first-order valence-electron chi connectivity index (χ1n) is 32.5. The van der Waals surface area contributed by atoms with Crippen molar-refractivity contribution in [1.82, 2.24) is 0 Å². The van der Waals surface area contributed by atoms with E-state index in [1.165, 1.54) is 68.7 Å². The molecule has 0 saturated heterocycles. The largest absolute Gasteiger partial charge is 0.496 e. The van der Waals surface area contributed by atoms with E-state index in [1.54, 1.807) is 133 Å². The molecular formula is C81H71ClI2O20. The van der Waals surface area contributed by atoms with Gasteiger partial charge in [-0.25, -0.2) is 0 Å². The number of carbonyl (C=O) groups is 14. The third-order valence-electron chi connectivity index (χ3n) is 15.8. The average Bonchev–Trinajstić information content (AvgIpc) is 0.830. The van der Waals surface area contributed by atoms with Crippen LogP contribution in [0.4, 0.5) is 0 Å². The Kier molecular flexibility index (Phi) is 29.0. The van der Waals surface area contributed by atoms with Gasteiger partial charge in [-0.2, -0.15) is 0 Å². The lowest BCUT2D eigenvalue weighted by atomic mass is 9.89. The highest BCUT2D eigenvalue weighted by atomic mass is 127. The SMILES string of the molecule is CC(=O)Oc1cccc2c1C(=O)C=C(C)C2=O.CC1=CC(=O)c2c(OC(=O)CCl)cccc2C1=O.CC1=CC(=O)c2c(OC(C)C)cccc2C1=O.CC1=CC(=O)c2c(OCCCCI)cccc2C1=O.CC1=CC(=O)c2c(OCCCI)cccc2C1=O.COc1cccc2c1C(=O)C=C(C)C2=O. The van der Waals surface area contributed by atoms with Gasteiger partial charge in [0.15, 0.2) is 69.4 Å². The van der Waals surface area contributed by atoms with Crippen LogP contribution in [0.25, 0.3) is 0 Å². The molecule has 0 radical (unpaired) electrons. The number of allylic oxidation sites excluding steroid dienone is 12. The quantitative estimate of drug-likeness (QED) is 0.0303. The molecule has 0 atom stereocenters. The molecule has 0 spiro atoms. The smallest absolute Gasteiger partial charge is 0.326 e. The van der Waals surface area contributed by atoms with Crippen LogP contribution in [0.5, 0.6) is 34.5 Å². The van der Waals surface area contributed by atoms with Crippen molar-refractivity contribution < 1.29 is 95.5 Å². The molecule has 6 aliphatic carbocycles. The molecular weight excluding hydrogens is 1580 g/mol. The summed E-state index contributed by atoms with van der Waals surface area (Å²) in [5.74, 6) is -1.46. The molecule has 0 saturated carbocycles. The van der Waals surface area contributed by atoms with Crippen molar-refractivity contribution in [3.8, 4) is 34.5 Å². The van der Waals surface area contributed by atoms with Gasteiger partial charge in [0.2, 0.25) is 0 Å². The summed E-state index contributed by atoms with van der Waals surface area (Å²) in [5.41, 5.74) is 6.84. The summed E-state index contributed by atoms with van der Waals surface area (Å²) < 4.78 is 33.8. The van der Waals surface area contributed by atoms with Gasteiger partial charge in [0.25, 0.3) is 0 Å². The number of unbranched alkanes of at least 4 members (excludes halogenated alkanes) is 1. The van der Waals surface area contributed by atoms with E-state index in [2.05, 4.69) is 45.2 Å². The zero-order chi connectivity index (χ0) is 76.4. The predicted molar refractivity (Wildman–Crippen MR) is 406 cm³/mol. The zero-order valence-corrected chi connectivity index (χ0v) is 63.5. The zero-order valence-electron chi connectivity index (χ0n) is 58.4. The number of methoxy groups -OCH3 is 1. The molecule has 6 aromatic rings. The number of hydrogen-bond donors (Lipinski definition) is 0. The average molecular weight is 1650 g/mol. The Labute approximate surface area is 632 Å². The van der Waals surface area contributed by atoms with Crippen LogP contribution in [0.1, 0.15) is 206 Å². The Morgan fingerprint density at radius 3 is 0.913 bits per heavy atom. The van der Waals surface area contributed by atoms with E-state index in [1.807, 2.05) is 13.8 Å². The van der Waals surface area contributed by atoms with Crippen LogP contribution in [-0.4, -0.2) is 123 Å². The number of rotatable bonds is 15. The Morgan fingerprint density at radius 2 is 0.625 bits per heavy atom. The second-order valence-corrected chi connectivity index (χ2v) is 26.3. The number of carbonyl (C=O) groups excluding carboxylic acids is 14. The van der Waals surface area contributed by atoms with E-state index in [0.717, 1.165) is 28.1 Å². The number of alkyl halides is 3. The van der Waals surface area contributed by atoms with Gasteiger partial charge >= 0.3 is 11.9 Å². The topological polar surface area (TPSA) is 294 Å². The Morgan fingerprint density at radius 1 is 0.365 bits per heavy atom. The lowest BCUT2D eigenvalue weighted by molar-refractivity contribution is -0.132. The van der Waals surface area contributed by atoms with Gasteiger partial charge in [0, 0.05) is 78.2 Å². The molecule has 0 bridgehead atoms. The van der Waals surface area contributed by atoms with Gasteiger partial charge in [-0.1, -0.05) is 118 Å². The van der Waals surface area contributed by atoms with Crippen LogP contribution < -0.4 is 28.4 Å². The maximum atomic E-state index is 12.0. The van der Waals surface area contributed by atoms with Crippen LogP contribution in [0.2, 0.25) is 0 Å². The summed E-state index contributed by atoms with van der Waals surface area (Å²) >= 11 is 9.93. The monoisotopic (exact) mass is 1650 g/mol. The first-order chi connectivity index (χ1) is 49.5. The number of esters is 2. The minimum Gasteiger partial charge on any atom is -0.496 e. The molecule has 0 fully saturated rings. The Balaban J connectivity index is 0.000000175. The lowest BCUT2D eigenvalue weighted by Gasteiger charge is -2.18. The molecule has 0 heterocycles. The van der Waals surface area contributed by atoms with Gasteiger partial charge < -0.3 is 28.4 Å². The lowest BCUT2D eigenvalue weighted by Crippen LogP contribution is -2.19. The van der Waals surface area contributed by atoms with E-state index >= 15 is 0 Å². The summed E-state index contributed by atoms with van der Waals surface area (Å²) in [6.45, 7) is 15.9. The predicted octanol–water partition coefficient (Wildman–Crippen LogP) is 15.7. The molecule has 0 N–H and O–H groups in total. The number of hydrogen-bond acceptors (Lipinski definition) is 20. The molecule has 6 aliphatic rings. The molecule has 104 heavy (non-hydrogen) atoms. The van der Waals surface area contributed by atoms with Crippen LogP contribution in [0.3, 0.4) is 0 Å². The highest BCUT2D eigenvalue weighted by Crippen LogP contribution is 2.35. The minimum atomic E-state index is -0.670. The first-order valence-corrected chi connectivity index (χ1v) is 36.0. The van der Waals surface area contributed by atoms with Crippen molar-refractivity contribution in [2.24, 2.45) is 0 Å². The summed E-state index contributed by atoms with van der Waals surface area (Å²) in [6.07, 6.45) is 10.9. The maximum absolute atomic E-state index is 12.0. The van der Waals surface area contributed by atoms with Crippen LogP contribution in [-0.2, 0) is 9.59 Å². The fourth-order valence-electron chi connectivity index (χ4n) is 11.0.